The molecule has 17 heavy (non-hydrogen) atoms. The first-order chi connectivity index (χ1) is 8.11. The van der Waals surface area contributed by atoms with Gasteiger partial charge in [0.25, 0.3) is 0 Å². The topological polar surface area (TPSA) is 44.3 Å². The Bertz CT molecular complexity index is 391. The van der Waals surface area contributed by atoms with Crippen molar-refractivity contribution >= 4 is 0 Å². The maximum Gasteiger partial charge on any atom is 0.194 e. The first-order valence-corrected chi connectivity index (χ1v) is 5.34. The quantitative estimate of drug-likeness (QED) is 0.673. The lowest BCUT2D eigenvalue weighted by Gasteiger charge is -2.31. The van der Waals surface area contributed by atoms with Crippen molar-refractivity contribution in [2.45, 2.75) is 12.1 Å². The fourth-order valence-electron chi connectivity index (χ4n) is 1.91. The molecule has 2 unspecified atom stereocenters. The number of halogens is 3. The standard InChI is InChI=1S/C11H13F3N2O/c12-8-1-6(2-9(13)11(8)14)10-4-15-3-7(5-17)16-10/h1-2,7,10,15-17H,3-5H2. The number of nitrogens with one attached hydrogen (secondary N) is 2. The van der Waals surface area contributed by atoms with E-state index in [9.17, 15) is 13.2 Å². The van der Waals surface area contributed by atoms with Gasteiger partial charge in [-0.15, -0.1) is 0 Å². The van der Waals surface area contributed by atoms with Gasteiger partial charge in [-0.25, -0.2) is 13.2 Å². The van der Waals surface area contributed by atoms with E-state index in [1.807, 2.05) is 0 Å². The lowest BCUT2D eigenvalue weighted by Crippen LogP contribution is -2.51. The van der Waals surface area contributed by atoms with Crippen molar-refractivity contribution in [3.8, 4) is 0 Å². The van der Waals surface area contributed by atoms with Gasteiger partial charge in [0, 0.05) is 25.2 Å². The molecule has 1 aromatic rings. The smallest absolute Gasteiger partial charge is 0.194 e. The zero-order valence-corrected chi connectivity index (χ0v) is 9.01. The molecule has 1 aromatic carbocycles. The second kappa shape index (κ2) is 5.03. The summed E-state index contributed by atoms with van der Waals surface area (Å²) < 4.78 is 38.9. The van der Waals surface area contributed by atoms with Crippen LogP contribution in [0.4, 0.5) is 13.2 Å². The van der Waals surface area contributed by atoms with E-state index >= 15 is 0 Å². The molecule has 1 aliphatic rings. The van der Waals surface area contributed by atoms with E-state index in [1.54, 1.807) is 0 Å². The summed E-state index contributed by atoms with van der Waals surface area (Å²) in [6.07, 6.45) is 0. The van der Waals surface area contributed by atoms with Gasteiger partial charge in [-0.3, -0.25) is 0 Å². The van der Waals surface area contributed by atoms with Crippen LogP contribution in [-0.4, -0.2) is 30.8 Å². The van der Waals surface area contributed by atoms with Gasteiger partial charge in [-0.1, -0.05) is 0 Å². The highest BCUT2D eigenvalue weighted by Crippen LogP contribution is 2.20. The third kappa shape index (κ3) is 2.59. The molecule has 0 spiro atoms. The number of hydrogen-bond acceptors (Lipinski definition) is 3. The summed E-state index contributed by atoms with van der Waals surface area (Å²) >= 11 is 0. The molecule has 1 heterocycles. The van der Waals surface area contributed by atoms with Crippen molar-refractivity contribution in [2.24, 2.45) is 0 Å². The molecule has 1 fully saturated rings. The van der Waals surface area contributed by atoms with E-state index in [-0.39, 0.29) is 18.7 Å². The van der Waals surface area contributed by atoms with Crippen molar-refractivity contribution < 1.29 is 18.3 Å². The van der Waals surface area contributed by atoms with Crippen LogP contribution in [0.15, 0.2) is 12.1 Å². The van der Waals surface area contributed by atoms with Crippen LogP contribution in [-0.2, 0) is 0 Å². The first-order valence-electron chi connectivity index (χ1n) is 5.34. The number of hydrogen-bond donors (Lipinski definition) is 3. The van der Waals surface area contributed by atoms with Crippen LogP contribution in [0.2, 0.25) is 0 Å². The minimum Gasteiger partial charge on any atom is -0.395 e. The van der Waals surface area contributed by atoms with Crippen molar-refractivity contribution in [2.75, 3.05) is 19.7 Å². The lowest BCUT2D eigenvalue weighted by molar-refractivity contribution is 0.207. The molecular formula is C11H13F3N2O. The Hall–Kier alpha value is -1.11. The van der Waals surface area contributed by atoms with Crippen LogP contribution in [0.3, 0.4) is 0 Å². The highest BCUT2D eigenvalue weighted by atomic mass is 19.2. The minimum absolute atomic E-state index is 0.0738. The molecular weight excluding hydrogens is 233 g/mol. The Morgan fingerprint density at radius 1 is 1.18 bits per heavy atom. The summed E-state index contributed by atoms with van der Waals surface area (Å²) in [4.78, 5) is 0. The van der Waals surface area contributed by atoms with Gasteiger partial charge < -0.3 is 15.7 Å². The second-order valence-electron chi connectivity index (χ2n) is 4.06. The third-order valence-corrected chi connectivity index (χ3v) is 2.80. The number of rotatable bonds is 2. The first kappa shape index (κ1) is 12.3. The number of piperazine rings is 1. The third-order valence-electron chi connectivity index (χ3n) is 2.80. The van der Waals surface area contributed by atoms with Crippen LogP contribution in [0.1, 0.15) is 11.6 Å². The fourth-order valence-corrected chi connectivity index (χ4v) is 1.91. The zero-order valence-electron chi connectivity index (χ0n) is 9.01. The van der Waals surface area contributed by atoms with E-state index < -0.39 is 17.5 Å². The molecule has 0 saturated carbocycles. The average molecular weight is 246 g/mol. The monoisotopic (exact) mass is 246 g/mol. The normalized spacial score (nSPS) is 24.9. The Kier molecular flexibility index (Phi) is 3.66. The van der Waals surface area contributed by atoms with E-state index in [2.05, 4.69) is 10.6 Å². The molecule has 3 N–H and O–H groups in total. The van der Waals surface area contributed by atoms with Crippen LogP contribution in [0.5, 0.6) is 0 Å². The van der Waals surface area contributed by atoms with E-state index in [0.29, 0.717) is 18.7 Å². The summed E-state index contributed by atoms with van der Waals surface area (Å²) in [6.45, 7) is 0.982. The average Bonchev–Trinajstić information content (AvgIpc) is 2.35. The number of aliphatic hydroxyl groups excluding tert-OH is 1. The minimum atomic E-state index is -1.46. The predicted molar refractivity (Wildman–Crippen MR) is 55.9 cm³/mol. The van der Waals surface area contributed by atoms with Crippen molar-refractivity contribution in [1.82, 2.24) is 10.6 Å². The van der Waals surface area contributed by atoms with Gasteiger partial charge in [-0.2, -0.15) is 0 Å². The van der Waals surface area contributed by atoms with Gasteiger partial charge in [-0.05, 0) is 17.7 Å². The van der Waals surface area contributed by atoms with Crippen molar-refractivity contribution in [3.05, 3.63) is 35.1 Å². The van der Waals surface area contributed by atoms with Crippen LogP contribution >= 0.6 is 0 Å². The Labute approximate surface area is 96.6 Å². The Balaban J connectivity index is 2.22. The van der Waals surface area contributed by atoms with Gasteiger partial charge >= 0.3 is 0 Å². The summed E-state index contributed by atoms with van der Waals surface area (Å²) in [5, 5.41) is 15.1. The highest BCUT2D eigenvalue weighted by molar-refractivity contribution is 5.23. The summed E-state index contributed by atoms with van der Waals surface area (Å²) in [6, 6.07) is 1.42. The highest BCUT2D eigenvalue weighted by Gasteiger charge is 2.23. The molecule has 2 rings (SSSR count). The molecule has 1 saturated heterocycles. The maximum atomic E-state index is 13.1. The van der Waals surface area contributed by atoms with E-state index in [1.165, 1.54) is 0 Å². The molecule has 1 aliphatic heterocycles. The second-order valence-corrected chi connectivity index (χ2v) is 4.06. The number of aliphatic hydroxyl groups is 1. The van der Waals surface area contributed by atoms with E-state index in [0.717, 1.165) is 12.1 Å². The van der Waals surface area contributed by atoms with Crippen LogP contribution in [0, 0.1) is 17.5 Å². The van der Waals surface area contributed by atoms with Gasteiger partial charge in [0.2, 0.25) is 0 Å². The molecule has 2 atom stereocenters. The molecule has 0 aromatic heterocycles. The Morgan fingerprint density at radius 3 is 2.41 bits per heavy atom. The maximum absolute atomic E-state index is 13.1. The Morgan fingerprint density at radius 2 is 1.82 bits per heavy atom. The molecule has 0 aliphatic carbocycles. The summed E-state index contributed by atoms with van der Waals surface area (Å²) in [5.74, 6) is -3.86. The van der Waals surface area contributed by atoms with Crippen molar-refractivity contribution in [3.63, 3.8) is 0 Å². The molecule has 6 heteroatoms. The van der Waals surface area contributed by atoms with Gasteiger partial charge in [0.05, 0.1) is 6.61 Å². The van der Waals surface area contributed by atoms with Gasteiger partial charge in [0.15, 0.2) is 17.5 Å². The summed E-state index contributed by atoms with van der Waals surface area (Å²) in [5.41, 5.74) is 0.326. The van der Waals surface area contributed by atoms with Gasteiger partial charge in [0.1, 0.15) is 0 Å². The molecule has 0 bridgehead atoms. The molecule has 0 amide bonds. The van der Waals surface area contributed by atoms with Crippen LogP contribution < -0.4 is 10.6 Å². The van der Waals surface area contributed by atoms with E-state index in [4.69, 9.17) is 5.11 Å². The zero-order chi connectivity index (χ0) is 12.4. The van der Waals surface area contributed by atoms with Crippen molar-refractivity contribution in [1.29, 1.82) is 0 Å². The lowest BCUT2D eigenvalue weighted by atomic mass is 10.0. The predicted octanol–water partition coefficient (Wildman–Crippen LogP) is 0.699. The van der Waals surface area contributed by atoms with Crippen LogP contribution in [0.25, 0.3) is 0 Å². The number of benzene rings is 1. The summed E-state index contributed by atoms with van der Waals surface area (Å²) in [7, 11) is 0. The molecule has 0 radical (unpaired) electrons. The molecule has 94 valence electrons. The molecule has 3 nitrogen and oxygen atoms in total. The largest absolute Gasteiger partial charge is 0.395 e. The SMILES string of the molecule is OCC1CNCC(c2cc(F)c(F)c(F)c2)N1. The fraction of sp³-hybridized carbons (Fsp3) is 0.455.